The van der Waals surface area contributed by atoms with Crippen LogP contribution in [0.3, 0.4) is 0 Å². The molecule has 28 heavy (non-hydrogen) atoms. The van der Waals surface area contributed by atoms with E-state index in [1.54, 1.807) is 32.0 Å². The zero-order valence-corrected chi connectivity index (χ0v) is 18.4. The SMILES string of the molecule is CCc1ccc([C@H](C)NC(=O)[C@@H](C)N(c2cc(Cl)ccc2C)S(C)(=O)=O)cc1. The molecule has 2 aromatic rings. The van der Waals surface area contributed by atoms with Crippen LogP contribution in [0.1, 0.15) is 43.5 Å². The number of benzene rings is 2. The molecule has 1 amide bonds. The normalized spacial score (nSPS) is 13.6. The Labute approximate surface area is 172 Å². The highest BCUT2D eigenvalue weighted by molar-refractivity contribution is 7.92. The number of rotatable bonds is 7. The van der Waals surface area contributed by atoms with E-state index in [0.717, 1.165) is 28.1 Å². The van der Waals surface area contributed by atoms with Crippen molar-refractivity contribution in [3.63, 3.8) is 0 Å². The molecule has 0 bridgehead atoms. The molecule has 0 saturated carbocycles. The number of halogens is 1. The van der Waals surface area contributed by atoms with E-state index < -0.39 is 16.1 Å². The van der Waals surface area contributed by atoms with Gasteiger partial charge in [-0.05, 0) is 56.0 Å². The third-order valence-corrected chi connectivity index (χ3v) is 6.21. The molecule has 0 radical (unpaired) electrons. The highest BCUT2D eigenvalue weighted by atomic mass is 35.5. The lowest BCUT2D eigenvalue weighted by atomic mass is 10.0. The summed E-state index contributed by atoms with van der Waals surface area (Å²) in [4.78, 5) is 12.9. The number of sulfonamides is 1. The van der Waals surface area contributed by atoms with Crippen LogP contribution in [-0.2, 0) is 21.2 Å². The van der Waals surface area contributed by atoms with E-state index in [1.165, 1.54) is 5.56 Å². The highest BCUT2D eigenvalue weighted by Gasteiger charge is 2.31. The first-order valence-corrected chi connectivity index (χ1v) is 11.4. The number of hydrogen-bond donors (Lipinski definition) is 1. The van der Waals surface area contributed by atoms with Gasteiger partial charge in [-0.15, -0.1) is 0 Å². The maximum Gasteiger partial charge on any atom is 0.244 e. The molecule has 0 aliphatic carbocycles. The van der Waals surface area contributed by atoms with Gasteiger partial charge in [0.15, 0.2) is 0 Å². The number of hydrogen-bond acceptors (Lipinski definition) is 3. The monoisotopic (exact) mass is 422 g/mol. The average Bonchev–Trinajstić information content (AvgIpc) is 2.63. The van der Waals surface area contributed by atoms with Gasteiger partial charge in [-0.25, -0.2) is 8.42 Å². The predicted octanol–water partition coefficient (Wildman–Crippen LogP) is 4.24. The van der Waals surface area contributed by atoms with Gasteiger partial charge in [-0.1, -0.05) is 48.9 Å². The molecule has 152 valence electrons. The number of amides is 1. The minimum absolute atomic E-state index is 0.247. The number of nitrogens with one attached hydrogen (secondary N) is 1. The van der Waals surface area contributed by atoms with Gasteiger partial charge < -0.3 is 5.32 Å². The fourth-order valence-corrected chi connectivity index (χ4v) is 4.45. The van der Waals surface area contributed by atoms with Crippen LogP contribution in [0.2, 0.25) is 5.02 Å². The van der Waals surface area contributed by atoms with E-state index in [0.29, 0.717) is 10.7 Å². The van der Waals surface area contributed by atoms with Crippen LogP contribution in [0, 0.1) is 6.92 Å². The quantitative estimate of drug-likeness (QED) is 0.725. The van der Waals surface area contributed by atoms with Crippen LogP contribution >= 0.6 is 11.6 Å². The molecule has 0 saturated heterocycles. The van der Waals surface area contributed by atoms with Crippen LogP contribution < -0.4 is 9.62 Å². The van der Waals surface area contributed by atoms with Gasteiger partial charge in [0.1, 0.15) is 6.04 Å². The van der Waals surface area contributed by atoms with Gasteiger partial charge in [-0.2, -0.15) is 0 Å². The summed E-state index contributed by atoms with van der Waals surface area (Å²) in [6.07, 6.45) is 2.03. The van der Waals surface area contributed by atoms with Gasteiger partial charge in [0.2, 0.25) is 15.9 Å². The Morgan fingerprint density at radius 2 is 1.75 bits per heavy atom. The molecule has 7 heteroatoms. The fraction of sp³-hybridized carbons (Fsp3) is 0.381. The van der Waals surface area contributed by atoms with Crippen molar-refractivity contribution in [3.05, 3.63) is 64.2 Å². The van der Waals surface area contributed by atoms with E-state index in [-0.39, 0.29) is 11.9 Å². The average molecular weight is 423 g/mol. The zero-order valence-electron chi connectivity index (χ0n) is 16.9. The third kappa shape index (κ3) is 5.26. The van der Waals surface area contributed by atoms with E-state index in [4.69, 9.17) is 11.6 Å². The second kappa shape index (κ2) is 8.97. The molecule has 0 aliphatic rings. The van der Waals surface area contributed by atoms with Crippen molar-refractivity contribution in [2.45, 2.75) is 46.2 Å². The lowest BCUT2D eigenvalue weighted by Crippen LogP contribution is -2.48. The van der Waals surface area contributed by atoms with Crippen molar-refractivity contribution in [2.75, 3.05) is 10.6 Å². The van der Waals surface area contributed by atoms with Crippen molar-refractivity contribution in [1.82, 2.24) is 5.32 Å². The molecule has 0 spiro atoms. The van der Waals surface area contributed by atoms with E-state index in [2.05, 4.69) is 12.2 Å². The lowest BCUT2D eigenvalue weighted by Gasteiger charge is -2.30. The molecule has 0 aromatic heterocycles. The van der Waals surface area contributed by atoms with Crippen molar-refractivity contribution in [3.8, 4) is 0 Å². The second-order valence-corrected chi connectivity index (χ2v) is 9.29. The van der Waals surface area contributed by atoms with Gasteiger partial charge in [0.25, 0.3) is 0 Å². The van der Waals surface area contributed by atoms with Crippen molar-refractivity contribution < 1.29 is 13.2 Å². The number of carbonyl (C=O) groups excluding carboxylic acids is 1. The van der Waals surface area contributed by atoms with E-state index in [9.17, 15) is 13.2 Å². The van der Waals surface area contributed by atoms with Gasteiger partial charge >= 0.3 is 0 Å². The molecule has 0 fully saturated rings. The topological polar surface area (TPSA) is 66.5 Å². The number of carbonyl (C=O) groups is 1. The van der Waals surface area contributed by atoms with E-state index in [1.807, 2.05) is 31.2 Å². The molecule has 0 unspecified atom stereocenters. The van der Waals surface area contributed by atoms with Gasteiger partial charge in [0.05, 0.1) is 18.0 Å². The molecule has 2 rings (SSSR count). The van der Waals surface area contributed by atoms with Crippen LogP contribution in [0.25, 0.3) is 0 Å². The molecule has 5 nitrogen and oxygen atoms in total. The first kappa shape index (κ1) is 22.2. The van der Waals surface area contributed by atoms with Gasteiger partial charge in [-0.3, -0.25) is 9.10 Å². The summed E-state index contributed by atoms with van der Waals surface area (Å²) in [5.41, 5.74) is 3.30. The summed E-state index contributed by atoms with van der Waals surface area (Å²) < 4.78 is 26.1. The molecule has 2 atom stereocenters. The summed E-state index contributed by atoms with van der Waals surface area (Å²) in [5, 5.41) is 3.32. The fourth-order valence-electron chi connectivity index (χ4n) is 3.06. The summed E-state index contributed by atoms with van der Waals surface area (Å²) in [6, 6.07) is 11.8. The molecule has 0 aliphatic heterocycles. The largest absolute Gasteiger partial charge is 0.348 e. The maximum atomic E-state index is 12.9. The number of anilines is 1. The highest BCUT2D eigenvalue weighted by Crippen LogP contribution is 2.28. The minimum Gasteiger partial charge on any atom is -0.348 e. The van der Waals surface area contributed by atoms with Crippen LogP contribution in [-0.4, -0.2) is 26.6 Å². The van der Waals surface area contributed by atoms with E-state index >= 15 is 0 Å². The van der Waals surface area contributed by atoms with Crippen LogP contribution in [0.4, 0.5) is 5.69 Å². The zero-order chi connectivity index (χ0) is 21.1. The first-order valence-electron chi connectivity index (χ1n) is 9.19. The second-order valence-electron chi connectivity index (χ2n) is 6.99. The molecule has 2 aromatic carbocycles. The Kier molecular flexibility index (Phi) is 7.12. The Bertz CT molecular complexity index is 943. The summed E-state index contributed by atoms with van der Waals surface area (Å²) >= 11 is 6.06. The Hall–Kier alpha value is -2.05. The standard InChI is InChI=1S/C21H27ClN2O3S/c1-6-17-8-10-18(11-9-17)15(3)23-21(25)16(4)24(28(5,26)27)20-13-19(22)12-7-14(20)2/h7-13,15-16H,6H2,1-5H3,(H,23,25)/t15-,16+/m0/s1. The number of nitrogens with zero attached hydrogens (tertiary/aromatic N) is 1. The molecular weight excluding hydrogens is 396 g/mol. The summed E-state index contributed by atoms with van der Waals surface area (Å²) in [6.45, 7) is 7.32. The third-order valence-electron chi connectivity index (χ3n) is 4.74. The summed E-state index contributed by atoms with van der Waals surface area (Å²) in [7, 11) is -3.70. The van der Waals surface area contributed by atoms with Crippen molar-refractivity contribution in [1.29, 1.82) is 0 Å². The predicted molar refractivity (Wildman–Crippen MR) is 115 cm³/mol. The lowest BCUT2D eigenvalue weighted by molar-refractivity contribution is -0.122. The Morgan fingerprint density at radius 1 is 1.14 bits per heavy atom. The van der Waals surface area contributed by atoms with Crippen molar-refractivity contribution in [2.24, 2.45) is 0 Å². The maximum absolute atomic E-state index is 12.9. The molecule has 1 N–H and O–H groups in total. The minimum atomic E-state index is -3.70. The number of aryl methyl sites for hydroxylation is 2. The van der Waals surface area contributed by atoms with Gasteiger partial charge in [0, 0.05) is 5.02 Å². The first-order chi connectivity index (χ1) is 13.0. The Balaban J connectivity index is 2.27. The molecular formula is C21H27ClN2O3S. The smallest absolute Gasteiger partial charge is 0.244 e. The van der Waals surface area contributed by atoms with Crippen LogP contribution in [0.5, 0.6) is 0 Å². The molecule has 0 heterocycles. The van der Waals surface area contributed by atoms with Crippen molar-refractivity contribution >= 4 is 33.2 Å². The Morgan fingerprint density at radius 3 is 2.29 bits per heavy atom. The van der Waals surface area contributed by atoms with Crippen LogP contribution in [0.15, 0.2) is 42.5 Å². The summed E-state index contributed by atoms with van der Waals surface area (Å²) in [5.74, 6) is -0.378.